The van der Waals surface area contributed by atoms with Gasteiger partial charge in [-0.15, -0.1) is 0 Å². The van der Waals surface area contributed by atoms with Crippen molar-refractivity contribution in [2.75, 3.05) is 19.8 Å². The Labute approximate surface area is 73.0 Å². The molecule has 1 unspecified atom stereocenters. The van der Waals surface area contributed by atoms with Crippen LogP contribution in [-0.4, -0.2) is 25.6 Å². The molecule has 1 saturated heterocycles. The Hall–Kier alpha value is -0.570. The lowest BCUT2D eigenvalue weighted by Gasteiger charge is -2.38. The molecule has 0 aromatic rings. The lowest BCUT2D eigenvalue weighted by atomic mass is 9.75. The molecule has 0 aromatic heterocycles. The largest absolute Gasteiger partial charge is 0.387 e. The highest BCUT2D eigenvalue weighted by Gasteiger charge is 2.35. The summed E-state index contributed by atoms with van der Waals surface area (Å²) in [7, 11) is 0. The summed E-state index contributed by atoms with van der Waals surface area (Å²) in [6, 6.07) is 0. The monoisotopic (exact) mass is 168 g/mol. The number of nitrogens with zero attached hydrogens (tertiary/aromatic N) is 1. The number of rotatable bonds is 0. The van der Waals surface area contributed by atoms with Gasteiger partial charge in [0.2, 0.25) is 0 Å². The maximum Gasteiger partial charge on any atom is 0.0943 e. The first-order valence-corrected chi connectivity index (χ1v) is 4.67. The Morgan fingerprint density at radius 2 is 2.33 bits per heavy atom. The minimum absolute atomic E-state index is 0.351. The van der Waals surface area contributed by atoms with Crippen LogP contribution in [-0.2, 0) is 4.74 Å². The minimum Gasteiger partial charge on any atom is -0.387 e. The third-order valence-electron chi connectivity index (χ3n) is 2.92. The van der Waals surface area contributed by atoms with Crippen LogP contribution in [0.4, 0.5) is 0 Å². The molecule has 0 bridgehead atoms. The van der Waals surface area contributed by atoms with Crippen LogP contribution in [0.2, 0.25) is 0 Å². The molecule has 68 valence electrons. The first-order chi connectivity index (χ1) is 5.81. The van der Waals surface area contributed by atoms with Gasteiger partial charge in [0, 0.05) is 25.0 Å². The minimum atomic E-state index is 0.351. The fraction of sp³-hybridized carbons (Fsp3) is 0.889. The van der Waals surface area contributed by atoms with Crippen LogP contribution in [0.3, 0.4) is 0 Å². The van der Waals surface area contributed by atoms with Gasteiger partial charge in [-0.2, -0.15) is 0 Å². The summed E-state index contributed by atoms with van der Waals surface area (Å²) in [4.78, 5) is 4.22. The van der Waals surface area contributed by atoms with Crippen molar-refractivity contribution < 1.29 is 4.74 Å². The highest BCUT2D eigenvalue weighted by molar-refractivity contribution is 5.81. The molecule has 2 rings (SSSR count). The Balaban J connectivity index is 2.05. The van der Waals surface area contributed by atoms with Crippen LogP contribution in [0.15, 0.2) is 4.99 Å². The molecule has 2 aliphatic heterocycles. The zero-order valence-corrected chi connectivity index (χ0v) is 7.38. The smallest absolute Gasteiger partial charge is 0.0943 e. The molecule has 0 amide bonds. The second-order valence-electron chi connectivity index (χ2n) is 3.96. The summed E-state index contributed by atoms with van der Waals surface area (Å²) in [5.41, 5.74) is 6.09. The molecule has 2 N–H and O–H groups in total. The quantitative estimate of drug-likeness (QED) is 0.585. The second kappa shape index (κ2) is 3.05. The maximum absolute atomic E-state index is 5.73. The fourth-order valence-electron chi connectivity index (χ4n) is 2.21. The van der Waals surface area contributed by atoms with Crippen LogP contribution in [0.1, 0.15) is 25.7 Å². The van der Waals surface area contributed by atoms with Gasteiger partial charge in [-0.05, 0) is 19.3 Å². The van der Waals surface area contributed by atoms with E-state index in [4.69, 9.17) is 10.5 Å². The van der Waals surface area contributed by atoms with Gasteiger partial charge < -0.3 is 10.5 Å². The van der Waals surface area contributed by atoms with Gasteiger partial charge in [0.1, 0.15) is 0 Å². The zero-order valence-electron chi connectivity index (χ0n) is 7.38. The average Bonchev–Trinajstić information content (AvgIpc) is 2.05. The van der Waals surface area contributed by atoms with E-state index in [9.17, 15) is 0 Å². The summed E-state index contributed by atoms with van der Waals surface area (Å²) in [6.45, 7) is 2.72. The van der Waals surface area contributed by atoms with E-state index in [0.29, 0.717) is 5.41 Å². The molecule has 0 aliphatic carbocycles. The van der Waals surface area contributed by atoms with Crippen molar-refractivity contribution in [3.05, 3.63) is 0 Å². The van der Waals surface area contributed by atoms with Crippen LogP contribution in [0, 0.1) is 5.41 Å². The molecular formula is C9H16N2O. The van der Waals surface area contributed by atoms with Crippen molar-refractivity contribution in [2.45, 2.75) is 25.7 Å². The molecule has 1 fully saturated rings. The van der Waals surface area contributed by atoms with Gasteiger partial charge in [-0.3, -0.25) is 4.99 Å². The van der Waals surface area contributed by atoms with E-state index >= 15 is 0 Å². The van der Waals surface area contributed by atoms with Gasteiger partial charge in [-0.1, -0.05) is 0 Å². The predicted molar refractivity (Wildman–Crippen MR) is 48.2 cm³/mol. The number of hydrogen-bond donors (Lipinski definition) is 1. The molecule has 2 heterocycles. The lowest BCUT2D eigenvalue weighted by Crippen LogP contribution is -2.39. The van der Waals surface area contributed by atoms with Crippen LogP contribution in [0.5, 0.6) is 0 Å². The number of amidine groups is 1. The average molecular weight is 168 g/mol. The predicted octanol–water partition coefficient (Wildman–Crippen LogP) is 0.934. The molecule has 0 aromatic carbocycles. The van der Waals surface area contributed by atoms with E-state index in [1.807, 2.05) is 0 Å². The Kier molecular flexibility index (Phi) is 2.05. The molecule has 3 heteroatoms. The fourth-order valence-corrected chi connectivity index (χ4v) is 2.21. The highest BCUT2D eigenvalue weighted by atomic mass is 16.5. The molecular weight excluding hydrogens is 152 g/mol. The summed E-state index contributed by atoms with van der Waals surface area (Å²) in [5.74, 6) is 0.826. The SMILES string of the molecule is NC1=NCCC2(CCCOC2)C1. The van der Waals surface area contributed by atoms with E-state index in [0.717, 1.165) is 38.4 Å². The summed E-state index contributed by atoms with van der Waals surface area (Å²) in [6.07, 6.45) is 4.57. The number of hydrogen-bond acceptors (Lipinski definition) is 3. The van der Waals surface area contributed by atoms with E-state index in [1.165, 1.54) is 12.8 Å². The van der Waals surface area contributed by atoms with Gasteiger partial charge in [-0.25, -0.2) is 0 Å². The normalized spacial score (nSPS) is 36.5. The second-order valence-corrected chi connectivity index (χ2v) is 3.96. The lowest BCUT2D eigenvalue weighted by molar-refractivity contribution is -0.00940. The number of nitrogens with two attached hydrogens (primary N) is 1. The van der Waals surface area contributed by atoms with Crippen LogP contribution in [0.25, 0.3) is 0 Å². The van der Waals surface area contributed by atoms with Crippen molar-refractivity contribution in [2.24, 2.45) is 16.1 Å². The maximum atomic E-state index is 5.73. The van der Waals surface area contributed by atoms with Gasteiger partial charge in [0.15, 0.2) is 0 Å². The molecule has 1 spiro atoms. The van der Waals surface area contributed by atoms with E-state index in [1.54, 1.807) is 0 Å². The molecule has 2 aliphatic rings. The van der Waals surface area contributed by atoms with Crippen LogP contribution >= 0.6 is 0 Å². The van der Waals surface area contributed by atoms with Gasteiger partial charge in [0.05, 0.1) is 12.4 Å². The van der Waals surface area contributed by atoms with Crippen LogP contribution < -0.4 is 5.73 Å². The van der Waals surface area contributed by atoms with Crippen molar-refractivity contribution >= 4 is 5.84 Å². The number of aliphatic imine (C=N–C) groups is 1. The Morgan fingerprint density at radius 1 is 1.42 bits per heavy atom. The van der Waals surface area contributed by atoms with Crippen molar-refractivity contribution in [1.82, 2.24) is 0 Å². The molecule has 0 radical (unpaired) electrons. The van der Waals surface area contributed by atoms with Crippen molar-refractivity contribution in [3.8, 4) is 0 Å². The Morgan fingerprint density at radius 3 is 3.00 bits per heavy atom. The van der Waals surface area contributed by atoms with E-state index < -0.39 is 0 Å². The first kappa shape index (κ1) is 8.05. The third kappa shape index (κ3) is 1.46. The number of ether oxygens (including phenoxy) is 1. The summed E-state index contributed by atoms with van der Waals surface area (Å²) < 4.78 is 5.50. The molecule has 0 saturated carbocycles. The van der Waals surface area contributed by atoms with Crippen molar-refractivity contribution in [3.63, 3.8) is 0 Å². The molecule has 1 atom stereocenters. The topological polar surface area (TPSA) is 47.6 Å². The standard InChI is InChI=1S/C9H16N2O/c10-8-6-9(3-4-11-8)2-1-5-12-7-9/h1-7H2,(H2,10,11). The van der Waals surface area contributed by atoms with Crippen molar-refractivity contribution in [1.29, 1.82) is 0 Å². The van der Waals surface area contributed by atoms with Gasteiger partial charge in [0.25, 0.3) is 0 Å². The van der Waals surface area contributed by atoms with Gasteiger partial charge >= 0.3 is 0 Å². The highest BCUT2D eigenvalue weighted by Crippen LogP contribution is 2.37. The summed E-state index contributed by atoms with van der Waals surface area (Å²) >= 11 is 0. The molecule has 3 nitrogen and oxygen atoms in total. The summed E-state index contributed by atoms with van der Waals surface area (Å²) in [5, 5.41) is 0. The van der Waals surface area contributed by atoms with E-state index in [-0.39, 0.29) is 0 Å². The third-order valence-corrected chi connectivity index (χ3v) is 2.92. The molecule has 12 heavy (non-hydrogen) atoms. The zero-order chi connectivity index (χ0) is 8.44. The Bertz CT molecular complexity index is 195. The first-order valence-electron chi connectivity index (χ1n) is 4.67. The van der Waals surface area contributed by atoms with E-state index in [2.05, 4.69) is 4.99 Å².